The Balaban J connectivity index is 2.26. The number of nitrogens with zero attached hydrogens (tertiary/aromatic N) is 1. The lowest BCUT2D eigenvalue weighted by molar-refractivity contribution is 0.398. The summed E-state index contributed by atoms with van der Waals surface area (Å²) in [6.07, 6.45) is 1.71. The first kappa shape index (κ1) is 11.6. The second-order valence-electron chi connectivity index (χ2n) is 3.58. The van der Waals surface area contributed by atoms with E-state index in [2.05, 4.69) is 4.98 Å². The molecule has 4 nitrogen and oxygen atoms in total. The van der Waals surface area contributed by atoms with E-state index in [1.165, 1.54) is 0 Å². The van der Waals surface area contributed by atoms with Crippen LogP contribution in [0, 0.1) is 0 Å². The zero-order valence-corrected chi connectivity index (χ0v) is 9.37. The van der Waals surface area contributed by atoms with E-state index in [0.29, 0.717) is 11.3 Å². The van der Waals surface area contributed by atoms with Gasteiger partial charge < -0.3 is 14.8 Å². The van der Waals surface area contributed by atoms with Gasteiger partial charge in [-0.3, -0.25) is 0 Å². The van der Waals surface area contributed by atoms with Gasteiger partial charge in [-0.15, -0.1) is 0 Å². The van der Waals surface area contributed by atoms with Crippen LogP contribution in [0.3, 0.4) is 0 Å². The molecule has 2 N–H and O–H groups in total. The van der Waals surface area contributed by atoms with Crippen molar-refractivity contribution in [3.63, 3.8) is 0 Å². The zero-order chi connectivity index (χ0) is 12.3. The fraction of sp³-hybridized carbons (Fsp3) is 0.0833. The number of aromatic nitrogens is 1. The molecule has 5 heteroatoms. The molecule has 0 saturated carbocycles. The van der Waals surface area contributed by atoms with E-state index in [0.717, 1.165) is 11.1 Å². The average Bonchev–Trinajstić information content (AvgIpc) is 2.39. The lowest BCUT2D eigenvalue weighted by Gasteiger charge is -2.04. The number of hydrogen-bond donors (Lipinski definition) is 2. The highest BCUT2D eigenvalue weighted by molar-refractivity contribution is 6.58. The maximum absolute atomic E-state index is 8.98. The Bertz CT molecular complexity index is 482. The molecule has 17 heavy (non-hydrogen) atoms. The normalized spacial score (nSPS) is 10.1. The number of benzene rings is 1. The van der Waals surface area contributed by atoms with Crippen LogP contribution in [-0.2, 0) is 0 Å². The van der Waals surface area contributed by atoms with Crippen molar-refractivity contribution in [3.05, 3.63) is 42.6 Å². The summed E-state index contributed by atoms with van der Waals surface area (Å²) in [5.74, 6) is 0.566. The van der Waals surface area contributed by atoms with Crippen LogP contribution in [0.5, 0.6) is 5.88 Å². The van der Waals surface area contributed by atoms with Crippen LogP contribution in [0.2, 0.25) is 0 Å². The van der Waals surface area contributed by atoms with Gasteiger partial charge in [-0.25, -0.2) is 4.98 Å². The van der Waals surface area contributed by atoms with E-state index in [4.69, 9.17) is 14.8 Å². The van der Waals surface area contributed by atoms with Crippen molar-refractivity contribution in [2.24, 2.45) is 0 Å². The molecule has 0 atom stereocenters. The smallest absolute Gasteiger partial charge is 0.481 e. The molecule has 0 fully saturated rings. The monoisotopic (exact) mass is 229 g/mol. The molecule has 0 aliphatic carbocycles. The lowest BCUT2D eigenvalue weighted by atomic mass is 9.80. The molecule has 0 bridgehead atoms. The van der Waals surface area contributed by atoms with Crippen LogP contribution in [0.4, 0.5) is 0 Å². The van der Waals surface area contributed by atoms with Gasteiger partial charge in [0.25, 0.3) is 0 Å². The van der Waals surface area contributed by atoms with Crippen molar-refractivity contribution in [2.45, 2.75) is 0 Å². The van der Waals surface area contributed by atoms with Gasteiger partial charge in [0.2, 0.25) is 5.88 Å². The minimum absolute atomic E-state index is 0.468. The molecule has 1 aromatic heterocycles. The topological polar surface area (TPSA) is 62.6 Å². The molecule has 0 spiro atoms. The van der Waals surface area contributed by atoms with Crippen molar-refractivity contribution in [1.82, 2.24) is 4.98 Å². The van der Waals surface area contributed by atoms with Crippen LogP contribution in [0.1, 0.15) is 0 Å². The van der Waals surface area contributed by atoms with Gasteiger partial charge in [0.1, 0.15) is 0 Å². The minimum Gasteiger partial charge on any atom is -0.481 e. The highest BCUT2D eigenvalue weighted by atomic mass is 16.5. The number of ether oxygens (including phenoxy) is 1. The summed E-state index contributed by atoms with van der Waals surface area (Å²) in [7, 11) is 0.137. The van der Waals surface area contributed by atoms with Gasteiger partial charge >= 0.3 is 7.12 Å². The fourth-order valence-corrected chi connectivity index (χ4v) is 1.52. The Morgan fingerprint density at radius 3 is 2.12 bits per heavy atom. The molecule has 0 amide bonds. The molecule has 0 aliphatic rings. The van der Waals surface area contributed by atoms with E-state index in [1.54, 1.807) is 31.5 Å². The van der Waals surface area contributed by atoms with E-state index >= 15 is 0 Å². The summed E-state index contributed by atoms with van der Waals surface area (Å²) in [6.45, 7) is 0. The van der Waals surface area contributed by atoms with Gasteiger partial charge in [-0.05, 0) is 17.1 Å². The van der Waals surface area contributed by atoms with Gasteiger partial charge in [0.15, 0.2) is 0 Å². The number of hydrogen-bond acceptors (Lipinski definition) is 4. The quantitative estimate of drug-likeness (QED) is 0.749. The van der Waals surface area contributed by atoms with Gasteiger partial charge in [-0.1, -0.05) is 24.3 Å². The van der Waals surface area contributed by atoms with Crippen LogP contribution in [0.25, 0.3) is 11.1 Å². The first-order valence-corrected chi connectivity index (χ1v) is 5.17. The van der Waals surface area contributed by atoms with Crippen LogP contribution < -0.4 is 10.2 Å². The number of pyridine rings is 1. The summed E-state index contributed by atoms with van der Waals surface area (Å²) in [4.78, 5) is 4.11. The lowest BCUT2D eigenvalue weighted by Crippen LogP contribution is -2.29. The molecular weight excluding hydrogens is 217 g/mol. The maximum Gasteiger partial charge on any atom is 0.488 e. The minimum atomic E-state index is -1.43. The largest absolute Gasteiger partial charge is 0.488 e. The summed E-state index contributed by atoms with van der Waals surface area (Å²) in [5, 5.41) is 18.0. The first-order valence-electron chi connectivity index (χ1n) is 5.17. The maximum atomic E-state index is 8.98. The molecule has 0 aliphatic heterocycles. The second kappa shape index (κ2) is 4.99. The Kier molecular flexibility index (Phi) is 3.42. The molecule has 1 aromatic carbocycles. The van der Waals surface area contributed by atoms with E-state index in [9.17, 15) is 0 Å². The summed E-state index contributed by atoms with van der Waals surface area (Å²) in [6, 6.07) is 10.7. The molecule has 0 radical (unpaired) electrons. The van der Waals surface area contributed by atoms with Crippen LogP contribution in [0.15, 0.2) is 42.6 Å². The van der Waals surface area contributed by atoms with Gasteiger partial charge in [0, 0.05) is 17.8 Å². The third kappa shape index (κ3) is 2.64. The molecular formula is C12H12BNO3. The Morgan fingerprint density at radius 1 is 1.00 bits per heavy atom. The molecule has 0 saturated heterocycles. The van der Waals surface area contributed by atoms with Gasteiger partial charge in [0.05, 0.1) is 7.11 Å². The third-order valence-corrected chi connectivity index (χ3v) is 2.49. The summed E-state index contributed by atoms with van der Waals surface area (Å²) < 4.78 is 4.98. The standard InChI is InChI=1S/C12H12BNO3/c1-17-12-7-4-10(8-14-12)9-2-5-11(6-3-9)13(15)16/h2-8,15-16H,1H3. The third-order valence-electron chi connectivity index (χ3n) is 2.49. The Labute approximate surface area is 99.7 Å². The number of methoxy groups -OCH3 is 1. The van der Waals surface area contributed by atoms with E-state index in [1.807, 2.05) is 18.2 Å². The Morgan fingerprint density at radius 2 is 1.65 bits per heavy atom. The van der Waals surface area contributed by atoms with Crippen molar-refractivity contribution in [1.29, 1.82) is 0 Å². The zero-order valence-electron chi connectivity index (χ0n) is 9.37. The predicted octanol–water partition coefficient (Wildman–Crippen LogP) is 0.437. The van der Waals surface area contributed by atoms with Crippen molar-refractivity contribution >= 4 is 12.6 Å². The highest BCUT2D eigenvalue weighted by Gasteiger charge is 2.10. The van der Waals surface area contributed by atoms with E-state index < -0.39 is 7.12 Å². The summed E-state index contributed by atoms with van der Waals surface area (Å²) in [5.41, 5.74) is 2.38. The molecule has 86 valence electrons. The second-order valence-corrected chi connectivity index (χ2v) is 3.58. The van der Waals surface area contributed by atoms with Crippen LogP contribution >= 0.6 is 0 Å². The van der Waals surface area contributed by atoms with Crippen LogP contribution in [-0.4, -0.2) is 29.3 Å². The van der Waals surface area contributed by atoms with E-state index in [-0.39, 0.29) is 0 Å². The number of rotatable bonds is 3. The van der Waals surface area contributed by atoms with Gasteiger partial charge in [-0.2, -0.15) is 0 Å². The fourth-order valence-electron chi connectivity index (χ4n) is 1.52. The van der Waals surface area contributed by atoms with Crippen molar-refractivity contribution in [2.75, 3.05) is 7.11 Å². The predicted molar refractivity (Wildman–Crippen MR) is 66.1 cm³/mol. The molecule has 2 aromatic rings. The first-order chi connectivity index (χ1) is 8.20. The van der Waals surface area contributed by atoms with Crippen molar-refractivity contribution < 1.29 is 14.8 Å². The van der Waals surface area contributed by atoms with Crippen molar-refractivity contribution in [3.8, 4) is 17.0 Å². The molecule has 1 heterocycles. The molecule has 0 unspecified atom stereocenters. The molecule has 2 rings (SSSR count). The SMILES string of the molecule is COc1ccc(-c2ccc(B(O)O)cc2)cn1. The summed E-state index contributed by atoms with van der Waals surface area (Å²) >= 11 is 0. The Hall–Kier alpha value is -1.85. The average molecular weight is 229 g/mol. The highest BCUT2D eigenvalue weighted by Crippen LogP contribution is 2.19.